The van der Waals surface area contributed by atoms with E-state index in [0.717, 1.165) is 18.8 Å². The van der Waals surface area contributed by atoms with Gasteiger partial charge in [0.25, 0.3) is 5.91 Å². The molecular formula is C14H17N3O3. The second kappa shape index (κ2) is 5.50. The fraction of sp³-hybridized carbons (Fsp3) is 0.429. The lowest BCUT2D eigenvalue weighted by Crippen LogP contribution is -2.37. The van der Waals surface area contributed by atoms with Crippen molar-refractivity contribution < 1.29 is 13.9 Å². The number of hydrogen-bond acceptors (Lipinski definition) is 4. The minimum absolute atomic E-state index is 0.0647. The summed E-state index contributed by atoms with van der Waals surface area (Å²) in [6.07, 6.45) is 7.20. The Morgan fingerprint density at radius 1 is 1.60 bits per heavy atom. The molecule has 6 nitrogen and oxygen atoms in total. The first-order valence-electron chi connectivity index (χ1n) is 6.75. The number of furan rings is 1. The fourth-order valence-corrected chi connectivity index (χ4v) is 2.48. The van der Waals surface area contributed by atoms with Gasteiger partial charge in [0.1, 0.15) is 18.2 Å². The van der Waals surface area contributed by atoms with Gasteiger partial charge in [-0.1, -0.05) is 0 Å². The molecule has 1 aliphatic heterocycles. The van der Waals surface area contributed by atoms with Crippen molar-refractivity contribution in [1.82, 2.24) is 14.9 Å². The molecule has 2 atom stereocenters. The monoisotopic (exact) mass is 275 g/mol. The summed E-state index contributed by atoms with van der Waals surface area (Å²) < 4.78 is 12.7. The summed E-state index contributed by atoms with van der Waals surface area (Å²) in [5.41, 5.74) is 0.523. The van der Waals surface area contributed by atoms with E-state index in [1.54, 1.807) is 12.3 Å². The lowest BCUT2D eigenvalue weighted by molar-refractivity contribution is 0.0775. The smallest absolute Gasteiger partial charge is 0.254 e. The zero-order chi connectivity index (χ0) is 13.9. The van der Waals surface area contributed by atoms with Crippen molar-refractivity contribution in [2.24, 2.45) is 0 Å². The topological polar surface area (TPSA) is 69.3 Å². The van der Waals surface area contributed by atoms with Crippen LogP contribution in [0.25, 0.3) is 0 Å². The molecule has 6 heteroatoms. The molecule has 1 aliphatic rings. The predicted octanol–water partition coefficient (Wildman–Crippen LogP) is 1.76. The summed E-state index contributed by atoms with van der Waals surface area (Å²) in [4.78, 5) is 16.4. The van der Waals surface area contributed by atoms with Crippen molar-refractivity contribution >= 4 is 5.91 Å². The number of imidazole rings is 1. The Kier molecular flexibility index (Phi) is 3.56. The summed E-state index contributed by atoms with van der Waals surface area (Å²) in [6.45, 7) is 3.51. The van der Waals surface area contributed by atoms with Gasteiger partial charge in [0.05, 0.1) is 17.9 Å². The van der Waals surface area contributed by atoms with E-state index in [-0.39, 0.29) is 18.1 Å². The number of hydrogen-bond donors (Lipinski definition) is 1. The van der Waals surface area contributed by atoms with Crippen LogP contribution in [0.15, 0.2) is 35.4 Å². The van der Waals surface area contributed by atoms with E-state index < -0.39 is 0 Å². The van der Waals surface area contributed by atoms with Crippen LogP contribution in [0.2, 0.25) is 0 Å². The van der Waals surface area contributed by atoms with Gasteiger partial charge in [-0.2, -0.15) is 0 Å². The molecule has 0 radical (unpaired) electrons. The average Bonchev–Trinajstić information content (AvgIpc) is 3.19. The molecular weight excluding hydrogens is 258 g/mol. The molecule has 0 bridgehead atoms. The van der Waals surface area contributed by atoms with Crippen molar-refractivity contribution in [2.75, 3.05) is 6.61 Å². The largest absolute Gasteiger partial charge is 0.472 e. The number of nitrogens with one attached hydrogen (secondary N) is 1. The van der Waals surface area contributed by atoms with Crippen molar-refractivity contribution in [1.29, 1.82) is 0 Å². The first-order valence-corrected chi connectivity index (χ1v) is 6.75. The van der Waals surface area contributed by atoms with E-state index in [1.807, 2.05) is 10.8 Å². The van der Waals surface area contributed by atoms with Gasteiger partial charge < -0.3 is 19.0 Å². The van der Waals surface area contributed by atoms with Gasteiger partial charge in [-0.15, -0.1) is 0 Å². The maximum atomic E-state index is 12.1. The molecule has 1 amide bonds. The van der Waals surface area contributed by atoms with Crippen LogP contribution < -0.4 is 5.32 Å². The Morgan fingerprint density at radius 2 is 2.50 bits per heavy atom. The van der Waals surface area contributed by atoms with Gasteiger partial charge in [0.15, 0.2) is 0 Å². The van der Waals surface area contributed by atoms with Crippen LogP contribution in [0, 0.1) is 0 Å². The van der Waals surface area contributed by atoms with Crippen LogP contribution in [-0.2, 0) is 11.3 Å². The molecule has 1 saturated heterocycles. The standard InChI is InChI=1S/C14H17N3O3/c1-2-17-6-5-15-13(17)12-11(4-8-20-12)16-14(18)10-3-7-19-9-10/h3,5-7,9,11-12H,2,4,8H2,1H3,(H,16,18)/t11-,12-/m0/s1. The van der Waals surface area contributed by atoms with Gasteiger partial charge in [-0.05, 0) is 19.4 Å². The van der Waals surface area contributed by atoms with E-state index in [2.05, 4.69) is 17.2 Å². The molecule has 106 valence electrons. The molecule has 1 fully saturated rings. The molecule has 0 saturated carbocycles. The highest BCUT2D eigenvalue weighted by atomic mass is 16.5. The van der Waals surface area contributed by atoms with Crippen molar-refractivity contribution in [3.63, 3.8) is 0 Å². The minimum atomic E-state index is -0.194. The third kappa shape index (κ3) is 2.34. The molecule has 3 heterocycles. The quantitative estimate of drug-likeness (QED) is 0.923. The number of nitrogens with zero attached hydrogens (tertiary/aromatic N) is 2. The zero-order valence-electron chi connectivity index (χ0n) is 11.3. The third-order valence-electron chi connectivity index (χ3n) is 3.53. The molecule has 2 aromatic rings. The van der Waals surface area contributed by atoms with Gasteiger partial charge in [-0.3, -0.25) is 4.79 Å². The minimum Gasteiger partial charge on any atom is -0.472 e. The van der Waals surface area contributed by atoms with E-state index in [9.17, 15) is 4.79 Å². The van der Waals surface area contributed by atoms with Crippen molar-refractivity contribution in [2.45, 2.75) is 32.0 Å². The number of aryl methyl sites for hydroxylation is 1. The number of rotatable bonds is 4. The van der Waals surface area contributed by atoms with Gasteiger partial charge in [-0.25, -0.2) is 4.98 Å². The maximum absolute atomic E-state index is 12.1. The third-order valence-corrected chi connectivity index (χ3v) is 3.53. The average molecular weight is 275 g/mol. The normalized spacial score (nSPS) is 22.1. The molecule has 0 aromatic carbocycles. The first kappa shape index (κ1) is 12.9. The summed E-state index contributed by atoms with van der Waals surface area (Å²) in [5.74, 6) is 0.719. The highest BCUT2D eigenvalue weighted by molar-refractivity contribution is 5.94. The van der Waals surface area contributed by atoms with Gasteiger partial charge in [0.2, 0.25) is 0 Å². The fourth-order valence-electron chi connectivity index (χ4n) is 2.48. The second-order valence-electron chi connectivity index (χ2n) is 4.74. The van der Waals surface area contributed by atoms with Crippen LogP contribution in [-0.4, -0.2) is 28.1 Å². The van der Waals surface area contributed by atoms with Gasteiger partial charge >= 0.3 is 0 Å². The number of ether oxygens (including phenoxy) is 1. The van der Waals surface area contributed by atoms with Crippen LogP contribution in [0.4, 0.5) is 0 Å². The van der Waals surface area contributed by atoms with Crippen molar-refractivity contribution in [3.8, 4) is 0 Å². The summed E-state index contributed by atoms with van der Waals surface area (Å²) >= 11 is 0. The highest BCUT2D eigenvalue weighted by Gasteiger charge is 2.34. The number of amides is 1. The van der Waals surface area contributed by atoms with Crippen LogP contribution in [0.3, 0.4) is 0 Å². The van der Waals surface area contributed by atoms with E-state index in [4.69, 9.17) is 9.15 Å². The lowest BCUT2D eigenvalue weighted by atomic mass is 10.1. The molecule has 0 aliphatic carbocycles. The van der Waals surface area contributed by atoms with Crippen molar-refractivity contribution in [3.05, 3.63) is 42.4 Å². The Labute approximate surface area is 116 Å². The highest BCUT2D eigenvalue weighted by Crippen LogP contribution is 2.28. The Morgan fingerprint density at radius 3 is 3.25 bits per heavy atom. The van der Waals surface area contributed by atoms with Crippen LogP contribution >= 0.6 is 0 Å². The van der Waals surface area contributed by atoms with E-state index in [0.29, 0.717) is 12.2 Å². The number of carbonyl (C=O) groups is 1. The SMILES string of the molecule is CCn1ccnc1[C@H]1OCC[C@@H]1NC(=O)c1ccoc1. The molecule has 3 rings (SSSR count). The number of carbonyl (C=O) groups excluding carboxylic acids is 1. The van der Waals surface area contributed by atoms with Crippen LogP contribution in [0.1, 0.15) is 35.6 Å². The summed E-state index contributed by atoms with van der Waals surface area (Å²) in [5, 5.41) is 2.99. The maximum Gasteiger partial charge on any atom is 0.254 e. The second-order valence-corrected chi connectivity index (χ2v) is 4.74. The first-order chi connectivity index (χ1) is 9.79. The molecule has 1 N–H and O–H groups in total. The van der Waals surface area contributed by atoms with E-state index >= 15 is 0 Å². The molecule has 0 unspecified atom stereocenters. The van der Waals surface area contributed by atoms with E-state index in [1.165, 1.54) is 12.5 Å². The summed E-state index contributed by atoms with van der Waals surface area (Å²) in [6, 6.07) is 1.58. The molecule has 2 aromatic heterocycles. The molecule has 20 heavy (non-hydrogen) atoms. The zero-order valence-corrected chi connectivity index (χ0v) is 11.3. The van der Waals surface area contributed by atoms with Gasteiger partial charge in [0, 0.05) is 25.5 Å². The Hall–Kier alpha value is -2.08. The number of aromatic nitrogens is 2. The lowest BCUT2D eigenvalue weighted by Gasteiger charge is -2.20. The summed E-state index contributed by atoms with van der Waals surface area (Å²) in [7, 11) is 0. The Balaban J connectivity index is 1.74. The van der Waals surface area contributed by atoms with Crippen LogP contribution in [0.5, 0.6) is 0 Å². The Bertz CT molecular complexity index is 576. The molecule has 0 spiro atoms. The predicted molar refractivity (Wildman–Crippen MR) is 71.2 cm³/mol.